The molecule has 0 saturated carbocycles. The Bertz CT molecular complexity index is 698. The lowest BCUT2D eigenvalue weighted by Gasteiger charge is -2.33. The van der Waals surface area contributed by atoms with Gasteiger partial charge >= 0.3 is 5.97 Å². The van der Waals surface area contributed by atoms with Gasteiger partial charge in [0, 0.05) is 30.0 Å². The molecule has 7 heteroatoms. The maximum absolute atomic E-state index is 12.3. The number of thioether (sulfide) groups is 1. The Kier molecular flexibility index (Phi) is 9.81. The lowest BCUT2D eigenvalue weighted by molar-refractivity contribution is -0.135. The van der Waals surface area contributed by atoms with E-state index in [9.17, 15) is 14.7 Å². The van der Waals surface area contributed by atoms with Crippen LogP contribution in [0.4, 0.5) is 0 Å². The minimum absolute atomic E-state index is 0.00111. The number of aliphatic hydroxyl groups is 1. The highest BCUT2D eigenvalue weighted by atomic mass is 32.2. The van der Waals surface area contributed by atoms with Crippen molar-refractivity contribution in [3.8, 4) is 0 Å². The average molecular weight is 424 g/mol. The Labute approximate surface area is 175 Å². The number of thiophene rings is 1. The zero-order valence-electron chi connectivity index (χ0n) is 16.3. The normalized spacial score (nSPS) is 19.0. The van der Waals surface area contributed by atoms with Gasteiger partial charge in [-0.05, 0) is 36.3 Å². The highest BCUT2D eigenvalue weighted by Gasteiger charge is 2.25. The average Bonchev–Trinajstić information content (AvgIpc) is 3.11. The molecule has 1 aromatic heterocycles. The van der Waals surface area contributed by atoms with Gasteiger partial charge in [-0.1, -0.05) is 31.2 Å². The molecule has 1 aromatic rings. The number of rotatable bonds is 11. The lowest BCUT2D eigenvalue weighted by Crippen LogP contribution is -2.42. The number of likely N-dealkylation sites (tertiary alicyclic amines) is 1. The zero-order valence-corrected chi connectivity index (χ0v) is 17.9. The number of nitrogens with zero attached hydrogens (tertiary/aromatic N) is 1. The van der Waals surface area contributed by atoms with Crippen LogP contribution in [-0.2, 0) is 22.4 Å². The number of aryl methyl sites for hydroxylation is 1. The molecule has 0 aliphatic carbocycles. The van der Waals surface area contributed by atoms with Crippen molar-refractivity contribution in [2.24, 2.45) is 0 Å². The van der Waals surface area contributed by atoms with Crippen LogP contribution in [0.15, 0.2) is 35.8 Å². The van der Waals surface area contributed by atoms with Crippen molar-refractivity contribution < 1.29 is 19.8 Å². The number of aliphatic hydroxyl groups excluding tert-OH is 1. The standard InChI is InChI=1S/C21H29NO4S2/c1-2-16-10-13-28-19(16)14-18(23)9-8-17-6-5-7-20(24)22(17)11-3-4-12-27-15-21(25)26/h3-4,8-10,13,17-18,23H,2,5-7,11-12,14-15H2,1H3,(H,25,26)/t17-,18?/m1/s1. The molecule has 1 aliphatic rings. The molecule has 0 spiro atoms. The predicted octanol–water partition coefficient (Wildman–Crippen LogP) is 3.53. The van der Waals surface area contributed by atoms with Crippen molar-refractivity contribution in [3.05, 3.63) is 46.2 Å². The van der Waals surface area contributed by atoms with Crippen molar-refractivity contribution in [3.63, 3.8) is 0 Å². The number of carboxylic acid groups (broad SMARTS) is 1. The molecule has 2 rings (SSSR count). The topological polar surface area (TPSA) is 77.8 Å². The highest BCUT2D eigenvalue weighted by Crippen LogP contribution is 2.22. The summed E-state index contributed by atoms with van der Waals surface area (Å²) in [4.78, 5) is 25.9. The quantitative estimate of drug-likeness (QED) is 0.421. The second-order valence-electron chi connectivity index (χ2n) is 6.76. The monoisotopic (exact) mass is 423 g/mol. The lowest BCUT2D eigenvalue weighted by atomic mass is 10.00. The fourth-order valence-electron chi connectivity index (χ4n) is 3.23. The summed E-state index contributed by atoms with van der Waals surface area (Å²) in [7, 11) is 0. The molecule has 1 unspecified atom stereocenters. The Morgan fingerprint density at radius 3 is 3.04 bits per heavy atom. The molecule has 1 amide bonds. The maximum Gasteiger partial charge on any atom is 0.313 e. The number of carboxylic acids is 1. The van der Waals surface area contributed by atoms with E-state index in [2.05, 4.69) is 18.4 Å². The van der Waals surface area contributed by atoms with Gasteiger partial charge < -0.3 is 15.1 Å². The molecular formula is C21H29NO4S2. The zero-order chi connectivity index (χ0) is 20.4. The largest absolute Gasteiger partial charge is 0.481 e. The molecule has 0 bridgehead atoms. The summed E-state index contributed by atoms with van der Waals surface area (Å²) in [5.41, 5.74) is 1.29. The van der Waals surface area contributed by atoms with Crippen LogP contribution in [-0.4, -0.2) is 57.2 Å². The molecule has 1 fully saturated rings. The van der Waals surface area contributed by atoms with Crippen LogP contribution < -0.4 is 0 Å². The predicted molar refractivity (Wildman–Crippen MR) is 116 cm³/mol. The van der Waals surface area contributed by atoms with E-state index in [1.54, 1.807) is 11.3 Å². The summed E-state index contributed by atoms with van der Waals surface area (Å²) < 4.78 is 0. The molecule has 1 aliphatic heterocycles. The molecule has 2 atom stereocenters. The van der Waals surface area contributed by atoms with E-state index >= 15 is 0 Å². The van der Waals surface area contributed by atoms with Crippen molar-refractivity contribution in [1.82, 2.24) is 4.90 Å². The van der Waals surface area contributed by atoms with E-state index in [0.717, 1.165) is 19.3 Å². The number of amides is 1. The molecule has 5 nitrogen and oxygen atoms in total. The first-order valence-electron chi connectivity index (χ1n) is 9.66. The van der Waals surface area contributed by atoms with E-state index < -0.39 is 12.1 Å². The second-order valence-corrected chi connectivity index (χ2v) is 8.80. The number of hydrogen-bond donors (Lipinski definition) is 2. The number of carbonyl (C=O) groups is 2. The first-order chi connectivity index (χ1) is 13.5. The number of hydrogen-bond acceptors (Lipinski definition) is 5. The Morgan fingerprint density at radius 2 is 2.29 bits per heavy atom. The van der Waals surface area contributed by atoms with Gasteiger partial charge in [-0.3, -0.25) is 9.59 Å². The van der Waals surface area contributed by atoms with Gasteiger partial charge in [-0.2, -0.15) is 0 Å². The van der Waals surface area contributed by atoms with Crippen LogP contribution in [0.2, 0.25) is 0 Å². The van der Waals surface area contributed by atoms with E-state index in [4.69, 9.17) is 5.11 Å². The Morgan fingerprint density at radius 1 is 1.46 bits per heavy atom. The molecular weight excluding hydrogens is 394 g/mol. The first kappa shape index (κ1) is 22.7. The minimum Gasteiger partial charge on any atom is -0.481 e. The van der Waals surface area contributed by atoms with Crippen LogP contribution in [0.3, 0.4) is 0 Å². The number of piperidine rings is 1. The molecule has 28 heavy (non-hydrogen) atoms. The third-order valence-corrected chi connectivity index (χ3v) is 6.55. The summed E-state index contributed by atoms with van der Waals surface area (Å²) in [6.45, 7) is 2.63. The van der Waals surface area contributed by atoms with Crippen LogP contribution in [0.5, 0.6) is 0 Å². The van der Waals surface area contributed by atoms with Crippen molar-refractivity contribution in [1.29, 1.82) is 0 Å². The minimum atomic E-state index is -0.818. The SMILES string of the molecule is CCc1ccsc1CC(O)C=C[C@H]1CCCC(=O)N1CC=CCSCC(=O)O. The van der Waals surface area contributed by atoms with Gasteiger partial charge in [0.15, 0.2) is 0 Å². The van der Waals surface area contributed by atoms with Crippen LogP contribution >= 0.6 is 23.1 Å². The third kappa shape index (κ3) is 7.45. The van der Waals surface area contributed by atoms with Gasteiger partial charge in [0.1, 0.15) is 0 Å². The summed E-state index contributed by atoms with van der Waals surface area (Å²) >= 11 is 3.01. The van der Waals surface area contributed by atoms with Gasteiger partial charge in [0.2, 0.25) is 5.91 Å². The number of aliphatic carboxylic acids is 1. The van der Waals surface area contributed by atoms with Crippen LogP contribution in [0.1, 0.15) is 36.6 Å². The summed E-state index contributed by atoms with van der Waals surface area (Å²) in [5.74, 6) is 0.0145. The first-order valence-corrected chi connectivity index (χ1v) is 11.7. The Balaban J connectivity index is 1.88. The van der Waals surface area contributed by atoms with Crippen molar-refractivity contribution in [2.75, 3.05) is 18.1 Å². The molecule has 2 N–H and O–H groups in total. The van der Waals surface area contributed by atoms with Gasteiger partial charge in [-0.25, -0.2) is 0 Å². The van der Waals surface area contributed by atoms with E-state index in [1.165, 1.54) is 22.2 Å². The van der Waals surface area contributed by atoms with E-state index in [-0.39, 0.29) is 17.7 Å². The molecule has 1 saturated heterocycles. The maximum atomic E-state index is 12.3. The van der Waals surface area contributed by atoms with Crippen molar-refractivity contribution in [2.45, 2.75) is 51.2 Å². The second kappa shape index (κ2) is 12.1. The summed E-state index contributed by atoms with van der Waals surface area (Å²) in [6.07, 6.45) is 11.0. The smallest absolute Gasteiger partial charge is 0.313 e. The summed E-state index contributed by atoms with van der Waals surface area (Å²) in [6, 6.07) is 2.11. The number of carbonyl (C=O) groups excluding carboxylic acids is 1. The van der Waals surface area contributed by atoms with Crippen molar-refractivity contribution >= 4 is 35.0 Å². The van der Waals surface area contributed by atoms with E-state index in [0.29, 0.717) is 25.1 Å². The van der Waals surface area contributed by atoms with E-state index in [1.807, 2.05) is 29.2 Å². The molecule has 2 heterocycles. The van der Waals surface area contributed by atoms with Gasteiger partial charge in [-0.15, -0.1) is 23.1 Å². The van der Waals surface area contributed by atoms with Gasteiger partial charge in [0.05, 0.1) is 17.9 Å². The van der Waals surface area contributed by atoms with Crippen LogP contribution in [0, 0.1) is 0 Å². The molecule has 154 valence electrons. The fourth-order valence-corrected chi connectivity index (χ4v) is 4.82. The third-order valence-electron chi connectivity index (χ3n) is 4.69. The molecule has 0 radical (unpaired) electrons. The van der Waals surface area contributed by atoms with Gasteiger partial charge in [0.25, 0.3) is 0 Å². The Hall–Kier alpha value is -1.57. The highest BCUT2D eigenvalue weighted by molar-refractivity contribution is 8.00. The molecule has 0 aromatic carbocycles. The summed E-state index contributed by atoms with van der Waals surface area (Å²) in [5, 5.41) is 21.1. The van der Waals surface area contributed by atoms with Crippen LogP contribution in [0.25, 0.3) is 0 Å². The fraction of sp³-hybridized carbons (Fsp3) is 0.524.